The lowest BCUT2D eigenvalue weighted by molar-refractivity contribution is -0.139. The molecule has 2 N–H and O–H groups in total. The number of esters is 1. The molecule has 0 spiro atoms. The summed E-state index contributed by atoms with van der Waals surface area (Å²) in [6, 6.07) is 14.4. The fraction of sp³-hybridized carbons (Fsp3) is 0.136. The number of fused-ring (bicyclic) bond motifs is 1. The lowest BCUT2D eigenvalue weighted by Crippen LogP contribution is -2.24. The molecule has 168 valence electrons. The number of aromatic nitrogens is 3. The summed E-state index contributed by atoms with van der Waals surface area (Å²) in [7, 11) is 1.27. The van der Waals surface area contributed by atoms with Crippen molar-refractivity contribution in [1.82, 2.24) is 20.2 Å². The molecule has 0 aliphatic carbocycles. The van der Waals surface area contributed by atoms with Crippen LogP contribution in [0.15, 0.2) is 62.9 Å². The van der Waals surface area contributed by atoms with Crippen LogP contribution >= 0.6 is 27.3 Å². The predicted molar refractivity (Wildman–Crippen MR) is 129 cm³/mol. The van der Waals surface area contributed by atoms with Gasteiger partial charge in [-0.2, -0.15) is 9.78 Å². The number of benzene rings is 2. The molecule has 0 saturated carbocycles. The number of para-hydroxylation sites is 1. The number of carbonyl (C=O) groups is 2. The monoisotopic (exact) mass is 527 g/mol. The molecule has 0 aliphatic rings. The van der Waals surface area contributed by atoms with Crippen LogP contribution in [0.25, 0.3) is 15.3 Å². The average Bonchev–Trinajstić information content (AvgIpc) is 3.38. The minimum Gasteiger partial charge on any atom is -0.469 e. The van der Waals surface area contributed by atoms with Crippen LogP contribution in [0, 0.1) is 0 Å². The summed E-state index contributed by atoms with van der Waals surface area (Å²) in [5.74, 6) is -0.975. The van der Waals surface area contributed by atoms with Crippen molar-refractivity contribution < 1.29 is 14.3 Å². The highest BCUT2D eigenvalue weighted by atomic mass is 79.9. The average molecular weight is 528 g/mol. The molecule has 0 unspecified atom stereocenters. The molecule has 4 aromatic rings. The minimum atomic E-state index is -0.529. The zero-order valence-electron chi connectivity index (χ0n) is 17.6. The zero-order chi connectivity index (χ0) is 23.5. The van der Waals surface area contributed by atoms with Gasteiger partial charge in [-0.25, -0.2) is 10.4 Å². The number of hydrogen-bond acceptors (Lipinski definition) is 7. The van der Waals surface area contributed by atoms with Gasteiger partial charge in [0.1, 0.15) is 0 Å². The normalized spacial score (nSPS) is 11.5. The quantitative estimate of drug-likeness (QED) is 0.226. The smallest absolute Gasteiger partial charge is 0.311 e. The maximum Gasteiger partial charge on any atom is 0.311 e. The number of nitrogens with one attached hydrogen (secondary N) is 2. The number of hydrazone groups is 1. The number of hydrogen-bond donors (Lipinski definition) is 2. The first-order valence-electron chi connectivity index (χ1n) is 9.75. The van der Waals surface area contributed by atoms with Gasteiger partial charge >= 0.3 is 5.97 Å². The summed E-state index contributed by atoms with van der Waals surface area (Å²) in [5, 5.41) is 7.48. The van der Waals surface area contributed by atoms with E-state index in [1.165, 1.54) is 23.1 Å². The van der Waals surface area contributed by atoms with Gasteiger partial charge in [-0.3, -0.25) is 19.5 Å². The number of methoxy groups -OCH3 is 1. The molecule has 0 bridgehead atoms. The Hall–Kier alpha value is -3.57. The molecule has 2 heterocycles. The van der Waals surface area contributed by atoms with Gasteiger partial charge in [-0.05, 0) is 47.1 Å². The predicted octanol–water partition coefficient (Wildman–Crippen LogP) is 3.41. The fourth-order valence-corrected chi connectivity index (χ4v) is 4.58. The number of aromatic amines is 1. The Morgan fingerprint density at radius 3 is 2.67 bits per heavy atom. The summed E-state index contributed by atoms with van der Waals surface area (Å²) in [6.07, 6.45) is -0.177. The largest absolute Gasteiger partial charge is 0.469 e. The summed E-state index contributed by atoms with van der Waals surface area (Å²) in [6.45, 7) is 1.58. The maximum atomic E-state index is 13.3. The lowest BCUT2D eigenvalue weighted by atomic mass is 10.1. The second-order valence-electron chi connectivity index (χ2n) is 6.94. The third-order valence-electron chi connectivity index (χ3n) is 4.79. The summed E-state index contributed by atoms with van der Waals surface area (Å²) >= 11 is 4.66. The van der Waals surface area contributed by atoms with Crippen LogP contribution in [0.2, 0.25) is 0 Å². The van der Waals surface area contributed by atoms with Gasteiger partial charge in [-0.15, -0.1) is 0 Å². The molecule has 33 heavy (non-hydrogen) atoms. The number of rotatable bonds is 6. The van der Waals surface area contributed by atoms with E-state index in [9.17, 15) is 14.4 Å². The van der Waals surface area contributed by atoms with E-state index in [1.807, 2.05) is 24.3 Å². The Labute approximate surface area is 200 Å². The molecular formula is C22H18BrN5O4S. The lowest BCUT2D eigenvalue weighted by Gasteiger charge is -2.04. The Balaban J connectivity index is 1.73. The van der Waals surface area contributed by atoms with E-state index in [0.717, 1.165) is 10.2 Å². The minimum absolute atomic E-state index is 0.159. The molecule has 0 atom stereocenters. The number of halogens is 1. The molecule has 4 rings (SSSR count). The van der Waals surface area contributed by atoms with E-state index in [1.54, 1.807) is 31.2 Å². The maximum absolute atomic E-state index is 13.3. The van der Waals surface area contributed by atoms with Gasteiger partial charge in [0.05, 0.1) is 46.3 Å². The second-order valence-corrected chi connectivity index (χ2v) is 8.80. The number of carbonyl (C=O) groups excluding carboxylic acids is 2. The molecule has 0 fully saturated rings. The van der Waals surface area contributed by atoms with E-state index in [2.05, 4.69) is 36.5 Å². The van der Waals surface area contributed by atoms with Crippen molar-refractivity contribution in [2.75, 3.05) is 7.11 Å². The van der Waals surface area contributed by atoms with Crippen LogP contribution in [0.3, 0.4) is 0 Å². The molecular weight excluding hydrogens is 510 g/mol. The van der Waals surface area contributed by atoms with Crippen molar-refractivity contribution in [3.63, 3.8) is 0 Å². The Morgan fingerprint density at radius 2 is 1.94 bits per heavy atom. The third-order valence-corrected chi connectivity index (χ3v) is 6.51. The van der Waals surface area contributed by atoms with Crippen molar-refractivity contribution in [2.45, 2.75) is 13.3 Å². The number of nitrogens with zero attached hydrogens (tertiary/aromatic N) is 3. The van der Waals surface area contributed by atoms with E-state index in [-0.39, 0.29) is 17.7 Å². The van der Waals surface area contributed by atoms with Crippen LogP contribution in [-0.4, -0.2) is 39.5 Å². The number of amides is 1. The molecule has 0 saturated heterocycles. The number of thiazole rings is 1. The first-order valence-corrected chi connectivity index (χ1v) is 11.4. The van der Waals surface area contributed by atoms with Gasteiger partial charge in [-0.1, -0.05) is 35.6 Å². The van der Waals surface area contributed by atoms with E-state index < -0.39 is 17.4 Å². The second kappa shape index (κ2) is 9.51. The molecule has 9 nitrogen and oxygen atoms in total. The fourth-order valence-electron chi connectivity index (χ4n) is 3.19. The topological polar surface area (TPSA) is 118 Å². The Kier molecular flexibility index (Phi) is 6.52. The first-order chi connectivity index (χ1) is 15.9. The Morgan fingerprint density at radius 1 is 1.21 bits per heavy atom. The molecule has 2 aromatic carbocycles. The van der Waals surface area contributed by atoms with Crippen LogP contribution in [0.1, 0.15) is 28.5 Å². The third kappa shape index (κ3) is 4.64. The van der Waals surface area contributed by atoms with Crippen LogP contribution in [0.4, 0.5) is 0 Å². The van der Waals surface area contributed by atoms with Crippen LogP contribution in [0.5, 0.6) is 0 Å². The molecule has 0 radical (unpaired) electrons. The van der Waals surface area contributed by atoms with Crippen LogP contribution < -0.4 is 11.0 Å². The highest BCUT2D eigenvalue weighted by molar-refractivity contribution is 9.10. The van der Waals surface area contributed by atoms with Crippen molar-refractivity contribution in [2.24, 2.45) is 5.10 Å². The van der Waals surface area contributed by atoms with E-state index in [4.69, 9.17) is 4.74 Å². The van der Waals surface area contributed by atoms with Crippen molar-refractivity contribution >= 4 is 55.1 Å². The summed E-state index contributed by atoms with van der Waals surface area (Å²) in [5.41, 5.74) is 3.86. The van der Waals surface area contributed by atoms with Gasteiger partial charge in [0.2, 0.25) is 5.13 Å². The highest BCUT2D eigenvalue weighted by Gasteiger charge is 2.22. The number of ether oxygens (including phenoxy) is 1. The van der Waals surface area contributed by atoms with E-state index in [0.29, 0.717) is 20.9 Å². The zero-order valence-corrected chi connectivity index (χ0v) is 20.0. The SMILES string of the molecule is COC(=O)Cc1[nH]n(-c2nc3ccccc3s2)c(=O)c1C(C)=NNC(=O)c1ccccc1Br. The van der Waals surface area contributed by atoms with Crippen molar-refractivity contribution in [3.8, 4) is 5.13 Å². The van der Waals surface area contributed by atoms with Crippen LogP contribution in [-0.2, 0) is 16.0 Å². The Bertz CT molecular complexity index is 1420. The van der Waals surface area contributed by atoms with Crippen molar-refractivity contribution in [1.29, 1.82) is 0 Å². The van der Waals surface area contributed by atoms with Gasteiger partial charge in [0.15, 0.2) is 0 Å². The standard InChI is InChI=1S/C22H18BrN5O4S/c1-12(25-26-20(30)13-7-3-4-8-14(13)23)19-16(11-18(29)32-2)27-28(21(19)31)22-24-15-9-5-6-10-17(15)33-22/h3-10,27H,11H2,1-2H3,(H,26,30). The molecule has 1 amide bonds. The molecule has 2 aromatic heterocycles. The van der Waals surface area contributed by atoms with Gasteiger partial charge in [0, 0.05) is 4.47 Å². The summed E-state index contributed by atoms with van der Waals surface area (Å²) in [4.78, 5) is 42.3. The van der Waals surface area contributed by atoms with Crippen molar-refractivity contribution in [3.05, 3.63) is 80.2 Å². The van der Waals surface area contributed by atoms with Gasteiger partial charge < -0.3 is 4.74 Å². The van der Waals surface area contributed by atoms with E-state index >= 15 is 0 Å². The van der Waals surface area contributed by atoms with Gasteiger partial charge in [0.25, 0.3) is 11.5 Å². The highest BCUT2D eigenvalue weighted by Crippen LogP contribution is 2.24. The molecule has 11 heteroatoms. The number of H-pyrrole nitrogens is 1. The first kappa shape index (κ1) is 22.6. The molecule has 0 aliphatic heterocycles. The summed E-state index contributed by atoms with van der Waals surface area (Å²) < 4.78 is 7.56.